The van der Waals surface area contributed by atoms with E-state index in [2.05, 4.69) is 20.5 Å². The Morgan fingerprint density at radius 2 is 2.00 bits per heavy atom. The molecule has 1 aromatic heterocycles. The number of H-pyrrole nitrogens is 1. The van der Waals surface area contributed by atoms with Gasteiger partial charge in [0.15, 0.2) is 5.82 Å². The average Bonchev–Trinajstić information content (AvgIpc) is 3.37. The molecule has 1 heterocycles. The van der Waals surface area contributed by atoms with Gasteiger partial charge in [-0.05, 0) is 25.7 Å². The first-order valence-corrected chi connectivity index (χ1v) is 7.91. The van der Waals surface area contributed by atoms with Gasteiger partial charge in [0.1, 0.15) is 5.69 Å². The zero-order valence-corrected chi connectivity index (χ0v) is 13.1. The van der Waals surface area contributed by atoms with Gasteiger partial charge in [-0.3, -0.25) is 9.59 Å². The van der Waals surface area contributed by atoms with Crippen molar-refractivity contribution in [2.75, 3.05) is 6.54 Å². The zero-order valence-electron chi connectivity index (χ0n) is 13.1. The number of carbonyl (C=O) groups excluding carboxylic acids is 1. The molecule has 0 unspecified atom stereocenters. The van der Waals surface area contributed by atoms with Crippen LogP contribution in [0.5, 0.6) is 0 Å². The highest BCUT2D eigenvalue weighted by atomic mass is 16.1. The first-order valence-electron chi connectivity index (χ1n) is 7.91. The van der Waals surface area contributed by atoms with Gasteiger partial charge in [-0.2, -0.15) is 0 Å². The quantitative estimate of drug-likeness (QED) is 0.848. The molecule has 1 amide bonds. The molecule has 3 rings (SSSR count). The number of aromatic amines is 1. The Morgan fingerprint density at radius 1 is 1.26 bits per heavy atom. The molecule has 120 valence electrons. The summed E-state index contributed by atoms with van der Waals surface area (Å²) < 4.78 is 0. The molecule has 1 fully saturated rings. The number of aryl methyl sites for hydroxylation is 2. The third-order valence-electron chi connectivity index (χ3n) is 3.96. The largest absolute Gasteiger partial charge is 0.356 e. The lowest BCUT2D eigenvalue weighted by molar-refractivity contribution is -0.121. The zero-order chi connectivity index (χ0) is 16.2. The molecule has 2 N–H and O–H groups in total. The monoisotopic (exact) mass is 312 g/mol. The Hall–Kier alpha value is -2.50. The molecule has 1 aliphatic carbocycles. The molecule has 6 nitrogen and oxygen atoms in total. The summed E-state index contributed by atoms with van der Waals surface area (Å²) >= 11 is 0. The van der Waals surface area contributed by atoms with Crippen molar-refractivity contribution in [1.29, 1.82) is 0 Å². The summed E-state index contributed by atoms with van der Waals surface area (Å²) in [4.78, 5) is 26.5. The molecule has 1 aromatic carbocycles. The maximum absolute atomic E-state index is 12.1. The number of amides is 1. The predicted molar refractivity (Wildman–Crippen MR) is 86.9 cm³/mol. The molecule has 1 saturated carbocycles. The molecule has 0 saturated heterocycles. The summed E-state index contributed by atoms with van der Waals surface area (Å²) in [5.41, 5.74) is 1.96. The van der Waals surface area contributed by atoms with Crippen LogP contribution in [0.4, 0.5) is 0 Å². The van der Waals surface area contributed by atoms with E-state index in [0.717, 1.165) is 17.7 Å². The summed E-state index contributed by atoms with van der Waals surface area (Å²) in [5.74, 6) is 1.05. The van der Waals surface area contributed by atoms with Crippen molar-refractivity contribution >= 4 is 5.91 Å². The maximum Gasteiger partial charge on any atom is 0.273 e. The number of aromatic nitrogens is 3. The van der Waals surface area contributed by atoms with Crippen LogP contribution in [0.15, 0.2) is 29.1 Å². The lowest BCUT2D eigenvalue weighted by atomic mass is 10.1. The molecule has 23 heavy (non-hydrogen) atoms. The third-order valence-corrected chi connectivity index (χ3v) is 3.96. The van der Waals surface area contributed by atoms with Gasteiger partial charge >= 0.3 is 0 Å². The Labute approximate surface area is 134 Å². The Balaban J connectivity index is 1.61. The molecule has 0 radical (unpaired) electrons. The van der Waals surface area contributed by atoms with Crippen molar-refractivity contribution in [3.8, 4) is 11.4 Å². The first kappa shape index (κ1) is 15.4. The van der Waals surface area contributed by atoms with Gasteiger partial charge in [-0.25, -0.2) is 0 Å². The Kier molecular flexibility index (Phi) is 4.50. The van der Waals surface area contributed by atoms with Crippen molar-refractivity contribution < 1.29 is 4.79 Å². The standard InChI is InChI=1S/C17H20N4O2/c1-11-2-6-13(7-3-11)16-19-17(23)14(20-21-16)8-9-15(22)18-10-12-4-5-12/h2-3,6-7,12H,4-5,8-10H2,1H3,(H,18,22)(H,19,21,23). The van der Waals surface area contributed by atoms with E-state index in [1.807, 2.05) is 31.2 Å². The highest BCUT2D eigenvalue weighted by molar-refractivity contribution is 5.76. The Bertz CT molecular complexity index is 748. The van der Waals surface area contributed by atoms with Crippen molar-refractivity contribution in [1.82, 2.24) is 20.5 Å². The van der Waals surface area contributed by atoms with Crippen LogP contribution in [0.2, 0.25) is 0 Å². The van der Waals surface area contributed by atoms with E-state index >= 15 is 0 Å². The van der Waals surface area contributed by atoms with Crippen LogP contribution < -0.4 is 10.9 Å². The number of carbonyl (C=O) groups is 1. The summed E-state index contributed by atoms with van der Waals surface area (Å²) in [6.45, 7) is 2.74. The average molecular weight is 312 g/mol. The molecule has 0 bridgehead atoms. The number of nitrogens with one attached hydrogen (secondary N) is 2. The van der Waals surface area contributed by atoms with E-state index < -0.39 is 0 Å². The summed E-state index contributed by atoms with van der Waals surface area (Å²) in [5, 5.41) is 10.9. The van der Waals surface area contributed by atoms with E-state index in [9.17, 15) is 9.59 Å². The van der Waals surface area contributed by atoms with Crippen LogP contribution in [0.1, 0.15) is 30.5 Å². The number of hydrogen-bond acceptors (Lipinski definition) is 4. The van der Waals surface area contributed by atoms with Crippen molar-refractivity contribution in [2.24, 2.45) is 5.92 Å². The smallest absolute Gasteiger partial charge is 0.273 e. The SMILES string of the molecule is Cc1ccc(-c2nnc(CCC(=O)NCC3CC3)c(=O)[nH]2)cc1. The lowest BCUT2D eigenvalue weighted by Gasteiger charge is -2.04. The van der Waals surface area contributed by atoms with E-state index in [4.69, 9.17) is 0 Å². The fourth-order valence-electron chi connectivity index (χ4n) is 2.27. The minimum Gasteiger partial charge on any atom is -0.356 e. The van der Waals surface area contributed by atoms with E-state index in [0.29, 0.717) is 23.9 Å². The summed E-state index contributed by atoms with van der Waals surface area (Å²) in [6, 6.07) is 7.68. The van der Waals surface area contributed by atoms with Gasteiger partial charge in [0, 0.05) is 24.9 Å². The third kappa shape index (κ3) is 4.25. The summed E-state index contributed by atoms with van der Waals surface area (Å²) in [6.07, 6.45) is 2.96. The summed E-state index contributed by atoms with van der Waals surface area (Å²) in [7, 11) is 0. The molecule has 0 spiro atoms. The number of hydrogen-bond donors (Lipinski definition) is 2. The van der Waals surface area contributed by atoms with Gasteiger partial charge in [0.2, 0.25) is 5.91 Å². The molecule has 0 aliphatic heterocycles. The molecular weight excluding hydrogens is 292 g/mol. The van der Waals surface area contributed by atoms with Crippen LogP contribution in [0.3, 0.4) is 0 Å². The van der Waals surface area contributed by atoms with Gasteiger partial charge < -0.3 is 10.3 Å². The van der Waals surface area contributed by atoms with Crippen LogP contribution in [-0.2, 0) is 11.2 Å². The minimum atomic E-state index is -0.287. The van der Waals surface area contributed by atoms with Gasteiger partial charge in [0.05, 0.1) is 0 Å². The second-order valence-electron chi connectivity index (χ2n) is 6.06. The molecule has 1 aliphatic rings. The Morgan fingerprint density at radius 3 is 2.65 bits per heavy atom. The van der Waals surface area contributed by atoms with Crippen molar-refractivity contribution in [2.45, 2.75) is 32.6 Å². The van der Waals surface area contributed by atoms with E-state index in [1.165, 1.54) is 12.8 Å². The van der Waals surface area contributed by atoms with Crippen LogP contribution in [0, 0.1) is 12.8 Å². The number of rotatable bonds is 6. The molecule has 6 heteroatoms. The highest BCUT2D eigenvalue weighted by Gasteiger charge is 2.21. The van der Waals surface area contributed by atoms with Gasteiger partial charge in [-0.1, -0.05) is 29.8 Å². The van der Waals surface area contributed by atoms with Crippen LogP contribution >= 0.6 is 0 Å². The highest BCUT2D eigenvalue weighted by Crippen LogP contribution is 2.27. The second kappa shape index (κ2) is 6.73. The fraction of sp³-hybridized carbons (Fsp3) is 0.412. The minimum absolute atomic E-state index is 0.0410. The maximum atomic E-state index is 12.1. The predicted octanol–water partition coefficient (Wildman–Crippen LogP) is 1.60. The van der Waals surface area contributed by atoms with Crippen LogP contribution in [0.25, 0.3) is 11.4 Å². The van der Waals surface area contributed by atoms with Crippen LogP contribution in [-0.4, -0.2) is 27.6 Å². The molecular formula is C17H20N4O2. The molecule has 0 atom stereocenters. The van der Waals surface area contributed by atoms with Crippen molar-refractivity contribution in [3.05, 3.63) is 45.9 Å². The van der Waals surface area contributed by atoms with Gasteiger partial charge in [-0.15, -0.1) is 10.2 Å². The topological polar surface area (TPSA) is 87.7 Å². The normalized spacial score (nSPS) is 13.8. The second-order valence-corrected chi connectivity index (χ2v) is 6.06. The fourth-order valence-corrected chi connectivity index (χ4v) is 2.27. The number of nitrogens with zero attached hydrogens (tertiary/aromatic N) is 2. The molecule has 2 aromatic rings. The van der Waals surface area contributed by atoms with Crippen molar-refractivity contribution in [3.63, 3.8) is 0 Å². The lowest BCUT2D eigenvalue weighted by Crippen LogP contribution is -2.27. The number of benzene rings is 1. The van der Waals surface area contributed by atoms with Gasteiger partial charge in [0.25, 0.3) is 5.56 Å². The van der Waals surface area contributed by atoms with E-state index in [-0.39, 0.29) is 17.9 Å². The first-order chi connectivity index (χ1) is 11.1. The van der Waals surface area contributed by atoms with E-state index in [1.54, 1.807) is 0 Å².